The van der Waals surface area contributed by atoms with Crippen LogP contribution in [0.25, 0.3) is 0 Å². The Morgan fingerprint density at radius 1 is 1.29 bits per heavy atom. The third kappa shape index (κ3) is 3.78. The second-order valence-electron chi connectivity index (χ2n) is 6.37. The van der Waals surface area contributed by atoms with Crippen molar-refractivity contribution in [3.05, 3.63) is 29.8 Å². The molecule has 1 aromatic carbocycles. The molecule has 0 heterocycles. The lowest BCUT2D eigenvalue weighted by Crippen LogP contribution is -2.31. The van der Waals surface area contributed by atoms with Gasteiger partial charge in [-0.1, -0.05) is 26.0 Å². The highest BCUT2D eigenvalue weighted by Crippen LogP contribution is 2.43. The molecule has 1 saturated carbocycles. The lowest BCUT2D eigenvalue weighted by molar-refractivity contribution is -0.144. The number of aliphatic carboxylic acids is 1. The van der Waals surface area contributed by atoms with Crippen molar-refractivity contribution in [2.75, 3.05) is 6.61 Å². The number of carboxylic acids is 1. The van der Waals surface area contributed by atoms with Crippen molar-refractivity contribution in [2.45, 2.75) is 46.0 Å². The first kappa shape index (κ1) is 15.9. The summed E-state index contributed by atoms with van der Waals surface area (Å²) >= 11 is 0. The van der Waals surface area contributed by atoms with Crippen LogP contribution < -0.4 is 4.74 Å². The van der Waals surface area contributed by atoms with E-state index in [0.29, 0.717) is 18.4 Å². The molecule has 0 saturated heterocycles. The van der Waals surface area contributed by atoms with Crippen LogP contribution in [0.5, 0.6) is 5.75 Å². The third-order valence-corrected chi connectivity index (χ3v) is 4.77. The maximum Gasteiger partial charge on any atom is 0.307 e. The number of ether oxygens (including phenoxy) is 1. The standard InChI is InChI=1S/C18H26O3/c1-4-21-15-8-5-13(6-9-15)17-11-14(12(2)3)7-10-16(17)18(19)20/h5-6,8-9,12,14,16-17H,4,7,10-11H2,1-3H3,(H,19,20). The van der Waals surface area contributed by atoms with Gasteiger partial charge in [-0.25, -0.2) is 0 Å². The van der Waals surface area contributed by atoms with E-state index in [1.165, 1.54) is 0 Å². The number of hydrogen-bond acceptors (Lipinski definition) is 2. The van der Waals surface area contributed by atoms with Crippen LogP contribution in [0.3, 0.4) is 0 Å². The molecule has 1 fully saturated rings. The number of hydrogen-bond donors (Lipinski definition) is 1. The lowest BCUT2D eigenvalue weighted by atomic mass is 9.68. The zero-order chi connectivity index (χ0) is 15.4. The fourth-order valence-electron chi connectivity index (χ4n) is 3.45. The Morgan fingerprint density at radius 2 is 1.95 bits per heavy atom. The van der Waals surface area contributed by atoms with E-state index >= 15 is 0 Å². The summed E-state index contributed by atoms with van der Waals surface area (Å²) in [7, 11) is 0. The molecule has 3 unspecified atom stereocenters. The maximum atomic E-state index is 11.6. The molecule has 0 amide bonds. The third-order valence-electron chi connectivity index (χ3n) is 4.77. The Kier molecular flexibility index (Phi) is 5.27. The van der Waals surface area contributed by atoms with Crippen LogP contribution in [0.1, 0.15) is 51.5 Å². The molecule has 0 radical (unpaired) electrons. The van der Waals surface area contributed by atoms with Gasteiger partial charge in [-0.15, -0.1) is 0 Å². The van der Waals surface area contributed by atoms with Gasteiger partial charge < -0.3 is 9.84 Å². The van der Waals surface area contributed by atoms with E-state index < -0.39 is 5.97 Å². The first-order valence-corrected chi connectivity index (χ1v) is 7.98. The highest BCUT2D eigenvalue weighted by atomic mass is 16.5. The van der Waals surface area contributed by atoms with E-state index in [1.54, 1.807) is 0 Å². The predicted octanol–water partition coefficient (Wildman–Crippen LogP) is 4.33. The Labute approximate surface area is 127 Å². The van der Waals surface area contributed by atoms with Crippen molar-refractivity contribution >= 4 is 5.97 Å². The summed E-state index contributed by atoms with van der Waals surface area (Å²) in [4.78, 5) is 11.6. The summed E-state index contributed by atoms with van der Waals surface area (Å²) in [6, 6.07) is 7.98. The van der Waals surface area contributed by atoms with Crippen LogP contribution in [-0.2, 0) is 4.79 Å². The van der Waals surface area contributed by atoms with Crippen molar-refractivity contribution in [3.63, 3.8) is 0 Å². The lowest BCUT2D eigenvalue weighted by Gasteiger charge is -2.36. The van der Waals surface area contributed by atoms with E-state index in [2.05, 4.69) is 13.8 Å². The predicted molar refractivity (Wildman–Crippen MR) is 83.7 cm³/mol. The van der Waals surface area contributed by atoms with E-state index in [4.69, 9.17) is 4.74 Å². The van der Waals surface area contributed by atoms with Gasteiger partial charge in [0.15, 0.2) is 0 Å². The molecule has 2 rings (SSSR count). The molecular formula is C18H26O3. The Bertz CT molecular complexity index is 464. The average molecular weight is 290 g/mol. The smallest absolute Gasteiger partial charge is 0.307 e. The van der Waals surface area contributed by atoms with Crippen molar-refractivity contribution in [2.24, 2.45) is 17.8 Å². The van der Waals surface area contributed by atoms with E-state index in [-0.39, 0.29) is 11.8 Å². The topological polar surface area (TPSA) is 46.5 Å². The molecule has 0 spiro atoms. The molecule has 0 bridgehead atoms. The summed E-state index contributed by atoms with van der Waals surface area (Å²) in [6.07, 6.45) is 2.79. The highest BCUT2D eigenvalue weighted by molar-refractivity contribution is 5.71. The second-order valence-corrected chi connectivity index (χ2v) is 6.37. The Morgan fingerprint density at radius 3 is 2.48 bits per heavy atom. The summed E-state index contributed by atoms with van der Waals surface area (Å²) in [6.45, 7) is 7.08. The molecule has 116 valence electrons. The molecule has 1 N–H and O–H groups in total. The van der Waals surface area contributed by atoms with Gasteiger partial charge in [-0.2, -0.15) is 0 Å². The average Bonchev–Trinajstić information content (AvgIpc) is 2.47. The Balaban J connectivity index is 2.20. The van der Waals surface area contributed by atoms with Gasteiger partial charge in [0, 0.05) is 0 Å². The van der Waals surface area contributed by atoms with Gasteiger partial charge >= 0.3 is 5.97 Å². The minimum atomic E-state index is -0.656. The SMILES string of the molecule is CCOc1ccc(C2CC(C(C)C)CCC2C(=O)O)cc1. The fourth-order valence-corrected chi connectivity index (χ4v) is 3.45. The summed E-state index contributed by atoms with van der Waals surface area (Å²) in [5, 5.41) is 9.51. The molecule has 0 aromatic heterocycles. The van der Waals surface area contributed by atoms with Gasteiger partial charge in [-0.3, -0.25) is 4.79 Å². The van der Waals surface area contributed by atoms with Crippen LogP contribution in [0.4, 0.5) is 0 Å². The van der Waals surface area contributed by atoms with Gasteiger partial charge in [-0.05, 0) is 61.6 Å². The number of rotatable bonds is 5. The van der Waals surface area contributed by atoms with Gasteiger partial charge in [0.1, 0.15) is 5.75 Å². The van der Waals surface area contributed by atoms with Crippen molar-refractivity contribution < 1.29 is 14.6 Å². The maximum absolute atomic E-state index is 11.6. The number of benzene rings is 1. The van der Waals surface area contributed by atoms with E-state index in [0.717, 1.165) is 30.6 Å². The first-order chi connectivity index (χ1) is 10.0. The van der Waals surface area contributed by atoms with E-state index in [1.807, 2.05) is 31.2 Å². The quantitative estimate of drug-likeness (QED) is 0.878. The van der Waals surface area contributed by atoms with Crippen LogP contribution in [0.2, 0.25) is 0 Å². The monoisotopic (exact) mass is 290 g/mol. The molecule has 1 aliphatic rings. The van der Waals surface area contributed by atoms with Gasteiger partial charge in [0.2, 0.25) is 0 Å². The molecule has 3 nitrogen and oxygen atoms in total. The summed E-state index contributed by atoms with van der Waals surface area (Å²) in [5.41, 5.74) is 1.14. The van der Waals surface area contributed by atoms with Crippen molar-refractivity contribution in [3.8, 4) is 5.75 Å². The molecule has 21 heavy (non-hydrogen) atoms. The van der Waals surface area contributed by atoms with Crippen molar-refractivity contribution in [1.29, 1.82) is 0 Å². The van der Waals surface area contributed by atoms with E-state index in [9.17, 15) is 9.90 Å². The van der Waals surface area contributed by atoms with Crippen LogP contribution >= 0.6 is 0 Å². The molecular weight excluding hydrogens is 264 g/mol. The minimum Gasteiger partial charge on any atom is -0.494 e. The van der Waals surface area contributed by atoms with Crippen molar-refractivity contribution in [1.82, 2.24) is 0 Å². The fraction of sp³-hybridized carbons (Fsp3) is 0.611. The van der Waals surface area contributed by atoms with Crippen LogP contribution in [0, 0.1) is 17.8 Å². The van der Waals surface area contributed by atoms with Crippen LogP contribution in [-0.4, -0.2) is 17.7 Å². The molecule has 1 aromatic rings. The normalized spacial score (nSPS) is 25.8. The minimum absolute atomic E-state index is 0.124. The number of carbonyl (C=O) groups is 1. The molecule has 3 atom stereocenters. The summed E-state index contributed by atoms with van der Waals surface area (Å²) < 4.78 is 5.47. The summed E-state index contributed by atoms with van der Waals surface area (Å²) in [5.74, 6) is 1.31. The number of carboxylic acid groups (broad SMARTS) is 1. The van der Waals surface area contributed by atoms with Gasteiger partial charge in [0.05, 0.1) is 12.5 Å². The van der Waals surface area contributed by atoms with Crippen LogP contribution in [0.15, 0.2) is 24.3 Å². The van der Waals surface area contributed by atoms with Gasteiger partial charge in [0.25, 0.3) is 0 Å². The molecule has 3 heteroatoms. The first-order valence-electron chi connectivity index (χ1n) is 7.98. The molecule has 1 aliphatic carbocycles. The second kappa shape index (κ2) is 6.97. The Hall–Kier alpha value is -1.51. The molecule has 0 aliphatic heterocycles. The zero-order valence-corrected chi connectivity index (χ0v) is 13.2. The largest absolute Gasteiger partial charge is 0.494 e. The highest BCUT2D eigenvalue weighted by Gasteiger charge is 2.36. The zero-order valence-electron chi connectivity index (χ0n) is 13.2.